The van der Waals surface area contributed by atoms with Gasteiger partial charge in [-0.3, -0.25) is 4.90 Å². The lowest BCUT2D eigenvalue weighted by Crippen LogP contribution is -2.51. The van der Waals surface area contributed by atoms with E-state index in [0.717, 1.165) is 13.2 Å². The molecule has 0 aliphatic carbocycles. The zero-order valence-corrected chi connectivity index (χ0v) is 8.71. The minimum absolute atomic E-state index is 0.396. The van der Waals surface area contributed by atoms with Gasteiger partial charge in [0.15, 0.2) is 0 Å². The van der Waals surface area contributed by atoms with E-state index in [2.05, 4.69) is 32.6 Å². The van der Waals surface area contributed by atoms with Gasteiger partial charge in [-0.25, -0.2) is 0 Å². The Labute approximate surface area is 75.9 Å². The Morgan fingerprint density at radius 3 is 2.75 bits per heavy atom. The van der Waals surface area contributed by atoms with Gasteiger partial charge in [0.25, 0.3) is 0 Å². The molecular formula is C10H21NO. The van der Waals surface area contributed by atoms with E-state index in [9.17, 15) is 0 Å². The first-order chi connectivity index (χ1) is 5.66. The molecule has 1 aliphatic rings. The maximum Gasteiger partial charge on any atom is 0.0700 e. The molecule has 0 N–H and O–H groups in total. The van der Waals surface area contributed by atoms with Crippen LogP contribution in [0.3, 0.4) is 0 Å². The van der Waals surface area contributed by atoms with Crippen molar-refractivity contribution in [2.45, 2.75) is 52.3 Å². The summed E-state index contributed by atoms with van der Waals surface area (Å²) in [4.78, 5) is 2.55. The van der Waals surface area contributed by atoms with E-state index in [1.807, 2.05) is 0 Å². The number of morpholine rings is 1. The second-order valence-electron chi connectivity index (χ2n) is 3.81. The molecule has 72 valence electrons. The second-order valence-corrected chi connectivity index (χ2v) is 3.81. The monoisotopic (exact) mass is 171 g/mol. The summed E-state index contributed by atoms with van der Waals surface area (Å²) in [6.45, 7) is 11.0. The fourth-order valence-electron chi connectivity index (χ4n) is 1.81. The third-order valence-electron chi connectivity index (χ3n) is 3.09. The molecule has 12 heavy (non-hydrogen) atoms. The molecule has 2 nitrogen and oxygen atoms in total. The van der Waals surface area contributed by atoms with Crippen LogP contribution in [0.1, 0.15) is 34.1 Å². The van der Waals surface area contributed by atoms with Crippen molar-refractivity contribution in [3.63, 3.8) is 0 Å². The van der Waals surface area contributed by atoms with Crippen LogP contribution in [0.5, 0.6) is 0 Å². The molecule has 0 spiro atoms. The van der Waals surface area contributed by atoms with E-state index >= 15 is 0 Å². The molecule has 1 saturated heterocycles. The molecule has 0 saturated carbocycles. The Bertz CT molecular complexity index is 138. The highest BCUT2D eigenvalue weighted by Crippen LogP contribution is 2.17. The van der Waals surface area contributed by atoms with Gasteiger partial charge < -0.3 is 4.74 Å². The van der Waals surface area contributed by atoms with E-state index in [0.29, 0.717) is 18.2 Å². The average molecular weight is 171 g/mol. The molecule has 0 radical (unpaired) electrons. The third-order valence-corrected chi connectivity index (χ3v) is 3.09. The highest BCUT2D eigenvalue weighted by Gasteiger charge is 2.27. The third kappa shape index (κ3) is 1.99. The molecule has 0 aromatic heterocycles. The van der Waals surface area contributed by atoms with Crippen molar-refractivity contribution in [3.8, 4) is 0 Å². The first-order valence-corrected chi connectivity index (χ1v) is 5.04. The van der Waals surface area contributed by atoms with Gasteiger partial charge in [0, 0.05) is 18.6 Å². The maximum absolute atomic E-state index is 5.57. The van der Waals surface area contributed by atoms with Crippen LogP contribution < -0.4 is 0 Å². The number of hydrogen-bond donors (Lipinski definition) is 0. The van der Waals surface area contributed by atoms with Crippen LogP contribution >= 0.6 is 0 Å². The molecule has 0 amide bonds. The van der Waals surface area contributed by atoms with Crippen LogP contribution in [0.4, 0.5) is 0 Å². The molecule has 0 bridgehead atoms. The van der Waals surface area contributed by atoms with Crippen molar-refractivity contribution in [1.82, 2.24) is 4.90 Å². The fraction of sp³-hybridized carbons (Fsp3) is 1.00. The van der Waals surface area contributed by atoms with Crippen molar-refractivity contribution < 1.29 is 4.74 Å². The highest BCUT2D eigenvalue weighted by atomic mass is 16.5. The largest absolute Gasteiger partial charge is 0.376 e. The van der Waals surface area contributed by atoms with E-state index in [-0.39, 0.29) is 0 Å². The fourth-order valence-corrected chi connectivity index (χ4v) is 1.81. The first kappa shape index (κ1) is 10.0. The van der Waals surface area contributed by atoms with E-state index < -0.39 is 0 Å². The van der Waals surface area contributed by atoms with Gasteiger partial charge in [0.1, 0.15) is 0 Å². The van der Waals surface area contributed by atoms with Crippen LogP contribution in [-0.2, 0) is 4.74 Å². The van der Waals surface area contributed by atoms with Gasteiger partial charge in [-0.2, -0.15) is 0 Å². The SMILES string of the molecule is CCC(C)N1CCOC(C)C1C. The molecule has 3 unspecified atom stereocenters. The Hall–Kier alpha value is -0.0800. The summed E-state index contributed by atoms with van der Waals surface area (Å²) in [6.07, 6.45) is 1.63. The summed E-state index contributed by atoms with van der Waals surface area (Å²) in [7, 11) is 0. The predicted molar refractivity (Wildman–Crippen MR) is 51.3 cm³/mol. The molecule has 1 fully saturated rings. The van der Waals surface area contributed by atoms with E-state index in [1.165, 1.54) is 6.42 Å². The lowest BCUT2D eigenvalue weighted by atomic mass is 10.1. The lowest BCUT2D eigenvalue weighted by molar-refractivity contribution is -0.0693. The molecular weight excluding hydrogens is 150 g/mol. The number of nitrogens with zero attached hydrogens (tertiary/aromatic N) is 1. The minimum atomic E-state index is 0.396. The summed E-state index contributed by atoms with van der Waals surface area (Å²) in [6, 6.07) is 1.28. The quantitative estimate of drug-likeness (QED) is 0.629. The molecule has 1 rings (SSSR count). The molecule has 1 heterocycles. The van der Waals surface area contributed by atoms with Crippen molar-refractivity contribution in [2.75, 3.05) is 13.2 Å². The predicted octanol–water partition coefficient (Wildman–Crippen LogP) is 1.89. The molecule has 2 heteroatoms. The van der Waals surface area contributed by atoms with Gasteiger partial charge in [0.05, 0.1) is 12.7 Å². The molecule has 3 atom stereocenters. The van der Waals surface area contributed by atoms with Crippen LogP contribution in [-0.4, -0.2) is 36.2 Å². The van der Waals surface area contributed by atoms with Crippen molar-refractivity contribution in [3.05, 3.63) is 0 Å². The number of rotatable bonds is 2. The highest BCUT2D eigenvalue weighted by molar-refractivity contribution is 4.80. The molecule has 0 aromatic rings. The van der Waals surface area contributed by atoms with Crippen molar-refractivity contribution in [2.24, 2.45) is 0 Å². The Balaban J connectivity index is 2.51. The van der Waals surface area contributed by atoms with E-state index in [4.69, 9.17) is 4.74 Å². The standard InChI is InChI=1S/C10H21NO/c1-5-8(2)11-6-7-12-10(4)9(11)3/h8-10H,5-7H2,1-4H3. The van der Waals surface area contributed by atoms with Gasteiger partial charge >= 0.3 is 0 Å². The van der Waals surface area contributed by atoms with Crippen LogP contribution in [0.2, 0.25) is 0 Å². The van der Waals surface area contributed by atoms with E-state index in [1.54, 1.807) is 0 Å². The van der Waals surface area contributed by atoms with Gasteiger partial charge in [-0.05, 0) is 27.2 Å². The van der Waals surface area contributed by atoms with Crippen molar-refractivity contribution in [1.29, 1.82) is 0 Å². The van der Waals surface area contributed by atoms with Gasteiger partial charge in [0.2, 0.25) is 0 Å². The van der Waals surface area contributed by atoms with Crippen LogP contribution in [0.15, 0.2) is 0 Å². The summed E-state index contributed by atoms with van der Waals surface area (Å²) < 4.78 is 5.57. The zero-order chi connectivity index (χ0) is 9.14. The first-order valence-electron chi connectivity index (χ1n) is 5.04. The zero-order valence-electron chi connectivity index (χ0n) is 8.71. The van der Waals surface area contributed by atoms with Crippen LogP contribution in [0, 0.1) is 0 Å². The smallest absolute Gasteiger partial charge is 0.0700 e. The molecule has 1 aliphatic heterocycles. The van der Waals surface area contributed by atoms with Gasteiger partial charge in [-0.15, -0.1) is 0 Å². The summed E-state index contributed by atoms with van der Waals surface area (Å²) >= 11 is 0. The normalized spacial score (nSPS) is 35.0. The molecule has 0 aromatic carbocycles. The summed E-state index contributed by atoms with van der Waals surface area (Å²) in [5.41, 5.74) is 0. The second kappa shape index (κ2) is 4.24. The summed E-state index contributed by atoms with van der Waals surface area (Å²) in [5, 5.41) is 0. The topological polar surface area (TPSA) is 12.5 Å². The number of ether oxygens (including phenoxy) is 1. The van der Waals surface area contributed by atoms with Crippen molar-refractivity contribution >= 4 is 0 Å². The Morgan fingerprint density at radius 2 is 2.17 bits per heavy atom. The summed E-state index contributed by atoms with van der Waals surface area (Å²) in [5.74, 6) is 0. The minimum Gasteiger partial charge on any atom is -0.376 e. The Kier molecular flexibility index (Phi) is 3.53. The lowest BCUT2D eigenvalue weighted by Gasteiger charge is -2.41. The maximum atomic E-state index is 5.57. The Morgan fingerprint density at radius 1 is 1.50 bits per heavy atom. The van der Waals surface area contributed by atoms with Gasteiger partial charge in [-0.1, -0.05) is 6.92 Å². The number of hydrogen-bond acceptors (Lipinski definition) is 2. The average Bonchev–Trinajstić information content (AvgIpc) is 2.08. The van der Waals surface area contributed by atoms with Crippen LogP contribution in [0.25, 0.3) is 0 Å².